The predicted molar refractivity (Wildman–Crippen MR) is 83.1 cm³/mol. The summed E-state index contributed by atoms with van der Waals surface area (Å²) < 4.78 is 1.98. The van der Waals surface area contributed by atoms with Crippen molar-refractivity contribution in [3.63, 3.8) is 0 Å². The second-order valence-corrected chi connectivity index (χ2v) is 6.36. The number of imidazole rings is 1. The molecule has 1 heterocycles. The van der Waals surface area contributed by atoms with Gasteiger partial charge in [-0.1, -0.05) is 0 Å². The van der Waals surface area contributed by atoms with E-state index in [1.165, 1.54) is 0 Å². The van der Waals surface area contributed by atoms with E-state index < -0.39 is 11.5 Å². The molecule has 120 valence electrons. The lowest BCUT2D eigenvalue weighted by Gasteiger charge is -2.34. The van der Waals surface area contributed by atoms with Gasteiger partial charge in [0.05, 0.1) is 6.54 Å². The van der Waals surface area contributed by atoms with Crippen LogP contribution in [0.15, 0.2) is 12.4 Å². The van der Waals surface area contributed by atoms with Crippen LogP contribution in [0.4, 0.5) is 0 Å². The van der Waals surface area contributed by atoms with Crippen molar-refractivity contribution in [3.05, 3.63) is 18.2 Å². The normalized spacial score (nSPS) is 16.2. The van der Waals surface area contributed by atoms with Crippen molar-refractivity contribution in [2.45, 2.75) is 58.3 Å². The van der Waals surface area contributed by atoms with Gasteiger partial charge in [-0.15, -0.1) is 0 Å². The van der Waals surface area contributed by atoms with Crippen molar-refractivity contribution in [2.24, 2.45) is 7.05 Å². The van der Waals surface area contributed by atoms with Crippen LogP contribution < -0.4 is 5.32 Å². The summed E-state index contributed by atoms with van der Waals surface area (Å²) in [4.78, 5) is 18.0. The summed E-state index contributed by atoms with van der Waals surface area (Å²) in [5.41, 5.74) is -0.927. The molecule has 0 aromatic carbocycles. The van der Waals surface area contributed by atoms with Crippen molar-refractivity contribution >= 4 is 5.97 Å². The topological polar surface area (TPSA) is 70.4 Å². The molecular weight excluding hydrogens is 268 g/mol. The number of rotatable bonds is 8. The third-order valence-electron chi connectivity index (χ3n) is 3.85. The molecule has 1 aromatic heterocycles. The highest BCUT2D eigenvalue weighted by molar-refractivity contribution is 5.78. The smallest absolute Gasteiger partial charge is 0.323 e. The highest BCUT2D eigenvalue weighted by atomic mass is 16.4. The molecule has 2 N–H and O–H groups in total. The average Bonchev–Trinajstić information content (AvgIpc) is 2.73. The Morgan fingerprint density at radius 2 is 2.14 bits per heavy atom. The van der Waals surface area contributed by atoms with Crippen LogP contribution in [0.25, 0.3) is 0 Å². The Hall–Kier alpha value is -1.40. The Morgan fingerprint density at radius 1 is 1.52 bits per heavy atom. The monoisotopic (exact) mass is 296 g/mol. The van der Waals surface area contributed by atoms with Crippen molar-refractivity contribution in [1.29, 1.82) is 0 Å². The molecule has 0 aliphatic rings. The van der Waals surface area contributed by atoms with Gasteiger partial charge < -0.3 is 9.67 Å². The van der Waals surface area contributed by atoms with E-state index in [9.17, 15) is 9.90 Å². The zero-order chi connectivity index (χ0) is 16.2. The molecule has 2 atom stereocenters. The van der Waals surface area contributed by atoms with Crippen LogP contribution in [0.2, 0.25) is 0 Å². The fourth-order valence-corrected chi connectivity index (χ4v) is 2.52. The Balaban J connectivity index is 2.70. The first-order valence-electron chi connectivity index (χ1n) is 7.33. The molecule has 21 heavy (non-hydrogen) atoms. The first kappa shape index (κ1) is 17.7. The van der Waals surface area contributed by atoms with Gasteiger partial charge in [-0.3, -0.25) is 15.0 Å². The molecule has 0 bridgehead atoms. The largest absolute Gasteiger partial charge is 0.480 e. The summed E-state index contributed by atoms with van der Waals surface area (Å²) in [5.74, 6) is 0.159. The zero-order valence-electron chi connectivity index (χ0n) is 13.9. The van der Waals surface area contributed by atoms with Gasteiger partial charge in [0.1, 0.15) is 11.4 Å². The maximum atomic E-state index is 11.6. The number of nitrogens with one attached hydrogen (secondary N) is 1. The Bertz CT molecular complexity index is 472. The van der Waals surface area contributed by atoms with E-state index in [1.807, 2.05) is 45.6 Å². The minimum absolute atomic E-state index is 0.119. The first-order chi connectivity index (χ1) is 9.65. The standard InChI is InChI=1S/C15H28N4O2/c1-11(2)17-15(4,14(20)21)9-12(3)19(6)10-13-16-7-8-18(13)5/h7-8,11-12,17H,9-10H2,1-6H3,(H,20,21). The van der Waals surface area contributed by atoms with Gasteiger partial charge in [0.15, 0.2) is 0 Å². The van der Waals surface area contributed by atoms with Gasteiger partial charge in [0, 0.05) is 31.5 Å². The summed E-state index contributed by atoms with van der Waals surface area (Å²) in [5, 5.41) is 12.7. The van der Waals surface area contributed by atoms with Gasteiger partial charge >= 0.3 is 5.97 Å². The van der Waals surface area contributed by atoms with E-state index in [0.29, 0.717) is 13.0 Å². The fraction of sp³-hybridized carbons (Fsp3) is 0.733. The molecule has 0 aliphatic carbocycles. The van der Waals surface area contributed by atoms with Gasteiger partial charge in [-0.25, -0.2) is 4.98 Å². The van der Waals surface area contributed by atoms with Crippen LogP contribution >= 0.6 is 0 Å². The second-order valence-electron chi connectivity index (χ2n) is 6.36. The third kappa shape index (κ3) is 4.82. The molecule has 0 saturated carbocycles. The van der Waals surface area contributed by atoms with Gasteiger partial charge in [0.2, 0.25) is 0 Å². The predicted octanol–water partition coefficient (Wildman–Crippen LogP) is 1.47. The number of aliphatic carboxylic acids is 1. The quantitative estimate of drug-likeness (QED) is 0.760. The number of nitrogens with zero attached hydrogens (tertiary/aromatic N) is 3. The molecule has 0 fully saturated rings. The van der Waals surface area contributed by atoms with E-state index in [0.717, 1.165) is 5.82 Å². The summed E-state index contributed by atoms with van der Waals surface area (Å²) in [6.45, 7) is 8.42. The molecule has 0 spiro atoms. The molecule has 2 unspecified atom stereocenters. The molecule has 6 nitrogen and oxygen atoms in total. The van der Waals surface area contributed by atoms with Crippen LogP contribution in [-0.4, -0.2) is 50.2 Å². The molecule has 0 saturated heterocycles. The SMILES string of the molecule is CC(C)NC(C)(CC(C)N(C)Cc1nccn1C)C(=O)O. The number of carboxylic acid groups (broad SMARTS) is 1. The van der Waals surface area contributed by atoms with Crippen molar-refractivity contribution in [3.8, 4) is 0 Å². The first-order valence-corrected chi connectivity index (χ1v) is 7.33. The molecule has 0 amide bonds. The van der Waals surface area contributed by atoms with Crippen LogP contribution in [-0.2, 0) is 18.4 Å². The van der Waals surface area contributed by atoms with Crippen molar-refractivity contribution in [1.82, 2.24) is 19.8 Å². The van der Waals surface area contributed by atoms with E-state index in [2.05, 4.69) is 15.2 Å². The highest BCUT2D eigenvalue weighted by Gasteiger charge is 2.36. The maximum Gasteiger partial charge on any atom is 0.323 e. The number of carbonyl (C=O) groups is 1. The van der Waals surface area contributed by atoms with Crippen LogP contribution in [0, 0.1) is 0 Å². The van der Waals surface area contributed by atoms with E-state index in [1.54, 1.807) is 13.1 Å². The minimum Gasteiger partial charge on any atom is -0.480 e. The summed E-state index contributed by atoms with van der Waals surface area (Å²) >= 11 is 0. The Labute approximate surface area is 127 Å². The third-order valence-corrected chi connectivity index (χ3v) is 3.85. The molecule has 1 aromatic rings. The average molecular weight is 296 g/mol. The molecular formula is C15H28N4O2. The Morgan fingerprint density at radius 3 is 2.57 bits per heavy atom. The molecule has 6 heteroatoms. The van der Waals surface area contributed by atoms with E-state index in [4.69, 9.17) is 0 Å². The van der Waals surface area contributed by atoms with Crippen LogP contribution in [0.1, 0.15) is 39.9 Å². The second kappa shape index (κ2) is 7.04. The van der Waals surface area contributed by atoms with Crippen molar-refractivity contribution in [2.75, 3.05) is 7.05 Å². The summed E-state index contributed by atoms with van der Waals surface area (Å²) in [7, 11) is 3.96. The molecule has 0 radical (unpaired) electrons. The van der Waals surface area contributed by atoms with E-state index in [-0.39, 0.29) is 12.1 Å². The van der Waals surface area contributed by atoms with Gasteiger partial charge in [-0.05, 0) is 41.2 Å². The summed E-state index contributed by atoms with van der Waals surface area (Å²) in [6, 6.07) is 0.243. The molecule has 1 rings (SSSR count). The summed E-state index contributed by atoms with van der Waals surface area (Å²) in [6.07, 6.45) is 4.21. The molecule has 0 aliphatic heterocycles. The number of aryl methyl sites for hydroxylation is 1. The lowest BCUT2D eigenvalue weighted by atomic mass is 9.92. The fourth-order valence-electron chi connectivity index (χ4n) is 2.52. The zero-order valence-corrected chi connectivity index (χ0v) is 13.9. The lowest BCUT2D eigenvalue weighted by molar-refractivity contribution is -0.145. The Kier molecular flexibility index (Phi) is 5.92. The van der Waals surface area contributed by atoms with Crippen LogP contribution in [0.3, 0.4) is 0 Å². The number of aromatic nitrogens is 2. The van der Waals surface area contributed by atoms with E-state index >= 15 is 0 Å². The highest BCUT2D eigenvalue weighted by Crippen LogP contribution is 2.18. The number of hydrogen-bond acceptors (Lipinski definition) is 4. The van der Waals surface area contributed by atoms with Crippen LogP contribution in [0.5, 0.6) is 0 Å². The van der Waals surface area contributed by atoms with Gasteiger partial charge in [0.25, 0.3) is 0 Å². The van der Waals surface area contributed by atoms with Gasteiger partial charge in [-0.2, -0.15) is 0 Å². The maximum absolute atomic E-state index is 11.6. The lowest BCUT2D eigenvalue weighted by Crippen LogP contribution is -2.55. The number of hydrogen-bond donors (Lipinski definition) is 2. The van der Waals surface area contributed by atoms with Crippen molar-refractivity contribution < 1.29 is 9.90 Å². The minimum atomic E-state index is -0.927. The number of carboxylic acids is 1.